The largest absolute Gasteiger partial charge is 0.314 e. The lowest BCUT2D eigenvalue weighted by molar-refractivity contribution is 0.0776. The maximum Gasteiger partial charge on any atom is 0.0558 e. The van der Waals surface area contributed by atoms with Crippen LogP contribution in [0.5, 0.6) is 0 Å². The summed E-state index contributed by atoms with van der Waals surface area (Å²) >= 11 is 18.9. The minimum absolute atomic E-state index is 0.342. The minimum Gasteiger partial charge on any atom is -0.314 e. The molecule has 0 radical (unpaired) electrons. The molecule has 3 aromatic heterocycles. The molecule has 1 aliphatic heterocycles. The van der Waals surface area contributed by atoms with E-state index in [9.17, 15) is 0 Å². The number of rotatable bonds is 6. The number of pyridine rings is 3. The fraction of sp³-hybridized carbons (Fsp3) is 0.375. The monoisotopic (exact) mass is 504 g/mol. The molecular weight excluding hydrogens is 479 g/mol. The van der Waals surface area contributed by atoms with Crippen LogP contribution in [0, 0.1) is 0 Å². The number of aromatic nitrogens is 3. The SMILES string of the molecule is Clc1ccnc(CN2CCNCCNCC2(Cc2cc(Cl)ccn2)Cc2cc(Cl)ccn2)c1. The van der Waals surface area contributed by atoms with E-state index in [2.05, 4.69) is 30.5 Å². The second kappa shape index (κ2) is 11.6. The summed E-state index contributed by atoms with van der Waals surface area (Å²) in [7, 11) is 0. The minimum atomic E-state index is -0.342. The van der Waals surface area contributed by atoms with Crippen molar-refractivity contribution >= 4 is 34.8 Å². The highest BCUT2D eigenvalue weighted by Crippen LogP contribution is 2.28. The molecule has 0 unspecified atom stereocenters. The molecule has 0 bridgehead atoms. The molecule has 0 aromatic carbocycles. The molecule has 4 rings (SSSR count). The lowest BCUT2D eigenvalue weighted by Gasteiger charge is -2.44. The van der Waals surface area contributed by atoms with Crippen LogP contribution in [-0.2, 0) is 19.4 Å². The van der Waals surface area contributed by atoms with Crippen molar-refractivity contribution in [1.29, 1.82) is 0 Å². The molecule has 1 fully saturated rings. The number of nitrogens with zero attached hydrogens (tertiary/aromatic N) is 4. The summed E-state index contributed by atoms with van der Waals surface area (Å²) < 4.78 is 0. The van der Waals surface area contributed by atoms with Crippen molar-refractivity contribution in [2.75, 3.05) is 32.7 Å². The van der Waals surface area contributed by atoms with E-state index in [1.807, 2.05) is 18.2 Å². The van der Waals surface area contributed by atoms with Crippen molar-refractivity contribution < 1.29 is 0 Å². The van der Waals surface area contributed by atoms with Gasteiger partial charge < -0.3 is 10.6 Å². The Morgan fingerprint density at radius 1 is 0.727 bits per heavy atom. The van der Waals surface area contributed by atoms with Gasteiger partial charge in [0.05, 0.1) is 5.69 Å². The number of hydrogen-bond donors (Lipinski definition) is 2. The molecule has 6 nitrogen and oxygen atoms in total. The van der Waals surface area contributed by atoms with Gasteiger partial charge >= 0.3 is 0 Å². The van der Waals surface area contributed by atoms with E-state index < -0.39 is 0 Å². The zero-order valence-corrected chi connectivity index (χ0v) is 20.5. The van der Waals surface area contributed by atoms with Crippen LogP contribution in [0.3, 0.4) is 0 Å². The number of hydrogen-bond acceptors (Lipinski definition) is 6. The van der Waals surface area contributed by atoms with E-state index in [0.29, 0.717) is 34.5 Å². The predicted octanol–water partition coefficient (Wildman–Crippen LogP) is 4.05. The van der Waals surface area contributed by atoms with Gasteiger partial charge in [-0.2, -0.15) is 0 Å². The quantitative estimate of drug-likeness (QED) is 0.527. The molecule has 0 atom stereocenters. The van der Waals surface area contributed by atoms with Crippen molar-refractivity contribution in [2.45, 2.75) is 24.9 Å². The number of nitrogens with one attached hydrogen (secondary N) is 2. The van der Waals surface area contributed by atoms with Crippen molar-refractivity contribution in [1.82, 2.24) is 30.5 Å². The molecule has 0 spiro atoms. The Balaban J connectivity index is 1.76. The third-order valence-electron chi connectivity index (χ3n) is 5.87. The molecule has 0 aliphatic carbocycles. The highest BCUT2D eigenvalue weighted by molar-refractivity contribution is 6.31. The van der Waals surface area contributed by atoms with E-state index in [-0.39, 0.29) is 5.54 Å². The summed E-state index contributed by atoms with van der Waals surface area (Å²) in [4.78, 5) is 16.3. The van der Waals surface area contributed by atoms with E-state index in [0.717, 1.165) is 49.8 Å². The van der Waals surface area contributed by atoms with Gasteiger partial charge in [0, 0.05) is 103 Å². The van der Waals surface area contributed by atoms with Crippen molar-refractivity contribution in [3.8, 4) is 0 Å². The van der Waals surface area contributed by atoms with E-state index >= 15 is 0 Å². The van der Waals surface area contributed by atoms with Crippen LogP contribution >= 0.6 is 34.8 Å². The third-order valence-corrected chi connectivity index (χ3v) is 6.58. The van der Waals surface area contributed by atoms with Crippen LogP contribution in [0.2, 0.25) is 15.1 Å². The van der Waals surface area contributed by atoms with Gasteiger partial charge in [0.25, 0.3) is 0 Å². The molecule has 1 aliphatic rings. The van der Waals surface area contributed by atoms with Gasteiger partial charge in [0.15, 0.2) is 0 Å². The van der Waals surface area contributed by atoms with Crippen LogP contribution in [0.25, 0.3) is 0 Å². The molecular formula is C24H27Cl3N6. The zero-order chi connectivity index (χ0) is 23.1. The normalized spacial score (nSPS) is 17.2. The van der Waals surface area contributed by atoms with Gasteiger partial charge in [0.1, 0.15) is 0 Å². The second-order valence-electron chi connectivity index (χ2n) is 8.32. The Morgan fingerprint density at radius 3 is 1.82 bits per heavy atom. The first kappa shape index (κ1) is 24.3. The molecule has 4 heterocycles. The van der Waals surface area contributed by atoms with Crippen LogP contribution in [0.15, 0.2) is 55.0 Å². The lowest BCUT2D eigenvalue weighted by atomic mass is 9.85. The predicted molar refractivity (Wildman–Crippen MR) is 134 cm³/mol. The van der Waals surface area contributed by atoms with Crippen LogP contribution in [0.4, 0.5) is 0 Å². The Labute approximate surface area is 209 Å². The molecule has 0 amide bonds. The summed E-state index contributed by atoms with van der Waals surface area (Å²) in [6.07, 6.45) is 6.65. The van der Waals surface area contributed by atoms with Crippen LogP contribution < -0.4 is 10.6 Å². The van der Waals surface area contributed by atoms with E-state index in [1.54, 1.807) is 36.8 Å². The van der Waals surface area contributed by atoms with Crippen molar-refractivity contribution in [3.63, 3.8) is 0 Å². The fourth-order valence-electron chi connectivity index (χ4n) is 4.34. The van der Waals surface area contributed by atoms with Crippen molar-refractivity contribution in [2.24, 2.45) is 0 Å². The summed E-state index contributed by atoms with van der Waals surface area (Å²) in [6, 6.07) is 11.2. The highest BCUT2D eigenvalue weighted by Gasteiger charge is 2.38. The van der Waals surface area contributed by atoms with Crippen molar-refractivity contribution in [3.05, 3.63) is 87.1 Å². The molecule has 3 aromatic rings. The maximum absolute atomic E-state index is 6.32. The fourth-order valence-corrected chi connectivity index (χ4v) is 4.89. The molecule has 1 saturated heterocycles. The van der Waals surface area contributed by atoms with Gasteiger partial charge in [-0.15, -0.1) is 0 Å². The lowest BCUT2D eigenvalue weighted by Crippen LogP contribution is -2.58. The first-order chi connectivity index (χ1) is 16.0. The second-order valence-corrected chi connectivity index (χ2v) is 9.63. The van der Waals surface area contributed by atoms with Crippen LogP contribution in [-0.4, -0.2) is 58.1 Å². The Kier molecular flexibility index (Phi) is 8.52. The Bertz CT molecular complexity index is 1020. The average Bonchev–Trinajstić information content (AvgIpc) is 2.86. The molecule has 0 saturated carbocycles. The van der Waals surface area contributed by atoms with Gasteiger partial charge in [0.2, 0.25) is 0 Å². The summed E-state index contributed by atoms with van der Waals surface area (Å²) in [5, 5.41) is 9.19. The summed E-state index contributed by atoms with van der Waals surface area (Å²) in [6.45, 7) is 4.86. The standard InChI is InChI=1S/C24H27Cl3N6/c25-18-1-4-30-21(11-18)14-24(15-22-12-19(26)2-5-31-22)17-29-8-7-28-9-10-33(24)16-23-13-20(27)3-6-32-23/h1-6,11-13,28-29H,7-10,14-17H2. The molecule has 174 valence electrons. The summed E-state index contributed by atoms with van der Waals surface area (Å²) in [5.41, 5.74) is 2.44. The van der Waals surface area contributed by atoms with Gasteiger partial charge in [-0.3, -0.25) is 19.9 Å². The Morgan fingerprint density at radius 2 is 1.24 bits per heavy atom. The molecule has 2 N–H and O–H groups in total. The van der Waals surface area contributed by atoms with Gasteiger partial charge in [-0.25, -0.2) is 0 Å². The van der Waals surface area contributed by atoms with E-state index in [1.165, 1.54) is 0 Å². The van der Waals surface area contributed by atoms with Gasteiger partial charge in [-0.05, 0) is 36.4 Å². The van der Waals surface area contributed by atoms with Crippen LogP contribution in [0.1, 0.15) is 17.1 Å². The maximum atomic E-state index is 6.32. The first-order valence-electron chi connectivity index (χ1n) is 11.0. The highest BCUT2D eigenvalue weighted by atomic mass is 35.5. The smallest absolute Gasteiger partial charge is 0.0558 e. The third kappa shape index (κ3) is 6.85. The first-order valence-corrected chi connectivity index (χ1v) is 12.1. The van der Waals surface area contributed by atoms with E-state index in [4.69, 9.17) is 34.8 Å². The topological polar surface area (TPSA) is 66.0 Å². The zero-order valence-electron chi connectivity index (χ0n) is 18.3. The van der Waals surface area contributed by atoms with Gasteiger partial charge in [-0.1, -0.05) is 34.8 Å². The molecule has 9 heteroatoms. The number of halogens is 3. The average molecular weight is 506 g/mol. The Hall–Kier alpha value is -1.80. The summed E-state index contributed by atoms with van der Waals surface area (Å²) in [5.74, 6) is 0. The molecule has 33 heavy (non-hydrogen) atoms.